The molecule has 3 aromatic rings. The number of hydrogen-bond acceptors (Lipinski definition) is 4. The summed E-state index contributed by atoms with van der Waals surface area (Å²) in [5.74, 6) is 1.56. The molecule has 0 aromatic heterocycles. The van der Waals surface area contributed by atoms with E-state index in [-0.39, 0.29) is 5.91 Å². The van der Waals surface area contributed by atoms with Gasteiger partial charge in [0.15, 0.2) is 0 Å². The topological polar surface area (TPSA) is 44.8 Å². The average Bonchev–Trinajstić information content (AvgIpc) is 2.81. The SMILES string of the molecule is O=C(CN1CCN(CCc2ccccc2)CC1)Nc1ccc(Oc2ccccc2)cc1. The number of anilines is 1. The Hall–Kier alpha value is -3.15. The number of rotatable bonds is 8. The van der Waals surface area contributed by atoms with Gasteiger partial charge in [0.1, 0.15) is 11.5 Å². The zero-order valence-electron chi connectivity index (χ0n) is 17.7. The Kier molecular flexibility index (Phi) is 7.32. The van der Waals surface area contributed by atoms with E-state index >= 15 is 0 Å². The number of nitrogens with zero attached hydrogens (tertiary/aromatic N) is 2. The highest BCUT2D eigenvalue weighted by Crippen LogP contribution is 2.22. The van der Waals surface area contributed by atoms with Crippen LogP contribution >= 0.6 is 0 Å². The molecule has 1 N–H and O–H groups in total. The third-order valence-electron chi connectivity index (χ3n) is 5.51. The summed E-state index contributed by atoms with van der Waals surface area (Å²) in [5.41, 5.74) is 2.16. The first kappa shape index (κ1) is 21.1. The second kappa shape index (κ2) is 10.8. The Morgan fingerprint density at radius 3 is 2.00 bits per heavy atom. The van der Waals surface area contributed by atoms with E-state index in [1.807, 2.05) is 54.6 Å². The molecule has 0 saturated carbocycles. The zero-order chi connectivity index (χ0) is 21.3. The molecule has 1 amide bonds. The summed E-state index contributed by atoms with van der Waals surface area (Å²) in [6, 6.07) is 27.7. The quantitative estimate of drug-likeness (QED) is 0.597. The van der Waals surface area contributed by atoms with Gasteiger partial charge in [0.25, 0.3) is 0 Å². The van der Waals surface area contributed by atoms with Crippen LogP contribution in [0.2, 0.25) is 0 Å². The maximum Gasteiger partial charge on any atom is 0.238 e. The van der Waals surface area contributed by atoms with Crippen LogP contribution in [0.25, 0.3) is 0 Å². The van der Waals surface area contributed by atoms with Crippen LogP contribution in [0, 0.1) is 0 Å². The fourth-order valence-electron chi connectivity index (χ4n) is 3.74. The smallest absolute Gasteiger partial charge is 0.238 e. The van der Waals surface area contributed by atoms with Crippen LogP contribution in [0.15, 0.2) is 84.9 Å². The van der Waals surface area contributed by atoms with Gasteiger partial charge in [0.2, 0.25) is 5.91 Å². The van der Waals surface area contributed by atoms with Crippen LogP contribution in [-0.2, 0) is 11.2 Å². The number of carbonyl (C=O) groups is 1. The number of carbonyl (C=O) groups excluding carboxylic acids is 1. The maximum absolute atomic E-state index is 12.5. The van der Waals surface area contributed by atoms with Gasteiger partial charge in [-0.1, -0.05) is 48.5 Å². The van der Waals surface area contributed by atoms with Gasteiger partial charge in [0.05, 0.1) is 6.54 Å². The maximum atomic E-state index is 12.5. The molecule has 1 fully saturated rings. The standard InChI is InChI=1S/C26H29N3O2/c30-26(27-23-11-13-25(14-12-23)31-24-9-5-2-6-10-24)21-29-19-17-28(18-20-29)16-15-22-7-3-1-4-8-22/h1-14H,15-21H2,(H,27,30). The van der Waals surface area contributed by atoms with Crippen molar-refractivity contribution in [3.63, 3.8) is 0 Å². The van der Waals surface area contributed by atoms with E-state index in [0.29, 0.717) is 6.54 Å². The summed E-state index contributed by atoms with van der Waals surface area (Å²) in [7, 11) is 0. The van der Waals surface area contributed by atoms with Gasteiger partial charge in [-0.05, 0) is 48.4 Å². The Morgan fingerprint density at radius 2 is 1.32 bits per heavy atom. The third-order valence-corrected chi connectivity index (χ3v) is 5.51. The summed E-state index contributed by atoms with van der Waals surface area (Å²) in [6.07, 6.45) is 1.07. The number of nitrogens with one attached hydrogen (secondary N) is 1. The van der Waals surface area contributed by atoms with Crippen LogP contribution in [-0.4, -0.2) is 55.0 Å². The number of benzene rings is 3. The molecule has 1 aliphatic heterocycles. The molecule has 5 heteroatoms. The van der Waals surface area contributed by atoms with E-state index in [2.05, 4.69) is 45.4 Å². The van der Waals surface area contributed by atoms with Crippen LogP contribution < -0.4 is 10.1 Å². The van der Waals surface area contributed by atoms with E-state index in [1.165, 1.54) is 5.56 Å². The first-order valence-electron chi connectivity index (χ1n) is 10.9. The van der Waals surface area contributed by atoms with Crippen LogP contribution in [0.4, 0.5) is 5.69 Å². The van der Waals surface area contributed by atoms with Gasteiger partial charge in [-0.2, -0.15) is 0 Å². The minimum atomic E-state index is 0.0227. The van der Waals surface area contributed by atoms with E-state index in [9.17, 15) is 4.79 Å². The molecular weight excluding hydrogens is 386 g/mol. The summed E-state index contributed by atoms with van der Waals surface area (Å²) >= 11 is 0. The lowest BCUT2D eigenvalue weighted by molar-refractivity contribution is -0.117. The second-order valence-corrected chi connectivity index (χ2v) is 7.84. The van der Waals surface area contributed by atoms with E-state index in [4.69, 9.17) is 4.74 Å². The molecule has 0 radical (unpaired) electrons. The Bertz CT molecular complexity index is 937. The van der Waals surface area contributed by atoms with Gasteiger partial charge >= 0.3 is 0 Å². The highest BCUT2D eigenvalue weighted by molar-refractivity contribution is 5.92. The van der Waals surface area contributed by atoms with Crippen LogP contribution in [0.1, 0.15) is 5.56 Å². The molecule has 1 saturated heterocycles. The largest absolute Gasteiger partial charge is 0.457 e. The molecule has 31 heavy (non-hydrogen) atoms. The molecule has 1 heterocycles. The van der Waals surface area contributed by atoms with Crippen molar-refractivity contribution in [2.45, 2.75) is 6.42 Å². The minimum absolute atomic E-state index is 0.0227. The van der Waals surface area contributed by atoms with E-state index in [1.54, 1.807) is 0 Å². The van der Waals surface area contributed by atoms with Crippen LogP contribution in [0.3, 0.4) is 0 Å². The number of para-hydroxylation sites is 1. The first-order valence-corrected chi connectivity index (χ1v) is 10.9. The first-order chi connectivity index (χ1) is 15.2. The summed E-state index contributed by atoms with van der Waals surface area (Å²) in [4.78, 5) is 17.2. The van der Waals surface area contributed by atoms with Crippen molar-refractivity contribution in [3.8, 4) is 11.5 Å². The van der Waals surface area contributed by atoms with Crippen molar-refractivity contribution in [1.29, 1.82) is 0 Å². The average molecular weight is 416 g/mol. The Labute approximate surface area is 184 Å². The highest BCUT2D eigenvalue weighted by atomic mass is 16.5. The summed E-state index contributed by atoms with van der Waals surface area (Å²) in [6.45, 7) is 5.35. The molecule has 3 aromatic carbocycles. The van der Waals surface area contributed by atoms with Gasteiger partial charge in [0, 0.05) is 38.4 Å². The molecule has 0 bridgehead atoms. The van der Waals surface area contributed by atoms with Crippen molar-refractivity contribution in [3.05, 3.63) is 90.5 Å². The normalized spacial score (nSPS) is 14.8. The lowest BCUT2D eigenvalue weighted by atomic mass is 10.1. The molecule has 0 spiro atoms. The number of ether oxygens (including phenoxy) is 1. The fraction of sp³-hybridized carbons (Fsp3) is 0.269. The van der Waals surface area contributed by atoms with Crippen molar-refractivity contribution in [2.75, 3.05) is 44.6 Å². The fourth-order valence-corrected chi connectivity index (χ4v) is 3.74. The highest BCUT2D eigenvalue weighted by Gasteiger charge is 2.18. The van der Waals surface area contributed by atoms with E-state index < -0.39 is 0 Å². The molecule has 0 aliphatic carbocycles. The predicted octanol–water partition coefficient (Wildman–Crippen LogP) is 4.28. The van der Waals surface area contributed by atoms with Crippen molar-refractivity contribution in [1.82, 2.24) is 9.80 Å². The van der Waals surface area contributed by atoms with Gasteiger partial charge in [-0.25, -0.2) is 0 Å². The van der Waals surface area contributed by atoms with Gasteiger partial charge in [-0.15, -0.1) is 0 Å². The molecule has 1 aliphatic rings. The number of amides is 1. The monoisotopic (exact) mass is 415 g/mol. The second-order valence-electron chi connectivity index (χ2n) is 7.84. The minimum Gasteiger partial charge on any atom is -0.457 e. The van der Waals surface area contributed by atoms with Gasteiger partial charge in [-0.3, -0.25) is 9.69 Å². The number of hydrogen-bond donors (Lipinski definition) is 1. The third kappa shape index (κ3) is 6.67. The van der Waals surface area contributed by atoms with Gasteiger partial charge < -0.3 is 15.0 Å². The van der Waals surface area contributed by atoms with Crippen molar-refractivity contribution < 1.29 is 9.53 Å². The summed E-state index contributed by atoms with van der Waals surface area (Å²) in [5, 5.41) is 2.99. The molecular formula is C26H29N3O2. The Morgan fingerprint density at radius 1 is 0.742 bits per heavy atom. The molecule has 0 unspecified atom stereocenters. The van der Waals surface area contributed by atoms with E-state index in [0.717, 1.165) is 56.3 Å². The molecule has 0 atom stereocenters. The lowest BCUT2D eigenvalue weighted by Gasteiger charge is -2.34. The predicted molar refractivity (Wildman–Crippen MR) is 125 cm³/mol. The van der Waals surface area contributed by atoms with Crippen molar-refractivity contribution >= 4 is 11.6 Å². The molecule has 160 valence electrons. The zero-order valence-corrected chi connectivity index (χ0v) is 17.7. The van der Waals surface area contributed by atoms with Crippen molar-refractivity contribution in [2.24, 2.45) is 0 Å². The molecule has 5 nitrogen and oxygen atoms in total. The number of piperazine rings is 1. The Balaban J connectivity index is 1.17. The summed E-state index contributed by atoms with van der Waals surface area (Å²) < 4.78 is 5.79. The lowest BCUT2D eigenvalue weighted by Crippen LogP contribution is -2.49. The molecule has 4 rings (SSSR count). The van der Waals surface area contributed by atoms with Crippen LogP contribution in [0.5, 0.6) is 11.5 Å².